The summed E-state index contributed by atoms with van der Waals surface area (Å²) >= 11 is 0. The molecule has 1 aliphatic carbocycles. The summed E-state index contributed by atoms with van der Waals surface area (Å²) in [7, 11) is 1.20. The molecule has 5 amide bonds. The molecule has 2 rings (SSSR count). The van der Waals surface area contributed by atoms with E-state index in [1.165, 1.54) is 7.05 Å². The molecule has 0 spiro atoms. The number of carbonyl (C=O) groups excluding carboxylic acids is 4. The van der Waals surface area contributed by atoms with Gasteiger partial charge < -0.3 is 11.1 Å². The van der Waals surface area contributed by atoms with Crippen LogP contribution in [0.3, 0.4) is 0 Å². The summed E-state index contributed by atoms with van der Waals surface area (Å²) in [5.74, 6) is -1.95. The van der Waals surface area contributed by atoms with Gasteiger partial charge in [0, 0.05) is 19.6 Å². The second-order valence-corrected chi connectivity index (χ2v) is 4.84. The van der Waals surface area contributed by atoms with Gasteiger partial charge in [0.25, 0.3) is 0 Å². The first-order valence-electron chi connectivity index (χ1n) is 6.07. The molecule has 1 aliphatic heterocycles. The van der Waals surface area contributed by atoms with Crippen LogP contribution in [0.1, 0.15) is 12.8 Å². The van der Waals surface area contributed by atoms with Crippen LogP contribution >= 0.6 is 0 Å². The molecule has 0 radical (unpaired) electrons. The second kappa shape index (κ2) is 4.96. The van der Waals surface area contributed by atoms with E-state index in [9.17, 15) is 19.2 Å². The van der Waals surface area contributed by atoms with Crippen LogP contribution in [0.2, 0.25) is 0 Å². The summed E-state index contributed by atoms with van der Waals surface area (Å²) in [4.78, 5) is 47.1. The Morgan fingerprint density at radius 3 is 2.47 bits per heavy atom. The summed E-state index contributed by atoms with van der Waals surface area (Å²) in [6.07, 6.45) is 2.14. The second-order valence-electron chi connectivity index (χ2n) is 4.84. The highest BCUT2D eigenvalue weighted by Gasteiger charge is 2.43. The molecule has 1 saturated carbocycles. The zero-order valence-electron chi connectivity index (χ0n) is 10.6. The quantitative estimate of drug-likeness (QED) is 0.454. The van der Waals surface area contributed by atoms with E-state index >= 15 is 0 Å². The van der Waals surface area contributed by atoms with E-state index in [-0.39, 0.29) is 6.04 Å². The fourth-order valence-corrected chi connectivity index (χ4v) is 1.88. The molecule has 8 nitrogen and oxygen atoms in total. The Morgan fingerprint density at radius 1 is 1.37 bits per heavy atom. The number of hydrogen-bond donors (Lipinski definition) is 2. The van der Waals surface area contributed by atoms with Gasteiger partial charge in [-0.25, -0.2) is 9.69 Å². The Labute approximate surface area is 109 Å². The van der Waals surface area contributed by atoms with Crippen molar-refractivity contribution in [2.45, 2.75) is 18.9 Å². The third-order valence-electron chi connectivity index (χ3n) is 3.31. The number of amides is 5. The zero-order chi connectivity index (χ0) is 14.2. The van der Waals surface area contributed by atoms with Crippen LogP contribution in [-0.4, -0.2) is 59.7 Å². The number of urea groups is 1. The van der Waals surface area contributed by atoms with E-state index in [0.717, 1.165) is 12.8 Å². The highest BCUT2D eigenvalue weighted by molar-refractivity contribution is 6.44. The summed E-state index contributed by atoms with van der Waals surface area (Å²) in [6.45, 7) is -0.144. The van der Waals surface area contributed by atoms with Gasteiger partial charge in [-0.2, -0.15) is 0 Å². The standard InChI is InChI=1S/C11H16N4O4/c1-14-9(17)10(18)15(11(14)19)5-8(16)13-4-7(12)6-2-3-6/h6-7H,2-5,12H2,1H3,(H,13,16). The van der Waals surface area contributed by atoms with Crippen molar-refractivity contribution >= 4 is 23.8 Å². The lowest BCUT2D eigenvalue weighted by Crippen LogP contribution is -2.45. The monoisotopic (exact) mass is 268 g/mol. The Bertz CT molecular complexity index is 446. The largest absolute Gasteiger partial charge is 0.353 e. The van der Waals surface area contributed by atoms with Crippen molar-refractivity contribution in [3.05, 3.63) is 0 Å². The minimum atomic E-state index is -0.978. The van der Waals surface area contributed by atoms with Gasteiger partial charge >= 0.3 is 17.8 Å². The fraction of sp³-hybridized carbons (Fsp3) is 0.636. The van der Waals surface area contributed by atoms with Gasteiger partial charge in [-0.1, -0.05) is 0 Å². The number of imide groups is 2. The molecule has 0 aromatic rings. The Balaban J connectivity index is 1.83. The van der Waals surface area contributed by atoms with E-state index in [2.05, 4.69) is 5.32 Å². The van der Waals surface area contributed by atoms with Gasteiger partial charge in [-0.3, -0.25) is 19.3 Å². The van der Waals surface area contributed by atoms with Crippen molar-refractivity contribution in [1.82, 2.24) is 15.1 Å². The van der Waals surface area contributed by atoms with Crippen LogP contribution in [0.5, 0.6) is 0 Å². The number of carbonyl (C=O) groups is 4. The van der Waals surface area contributed by atoms with Gasteiger partial charge in [0.2, 0.25) is 5.91 Å². The summed E-state index contributed by atoms with van der Waals surface area (Å²) in [5.41, 5.74) is 5.81. The van der Waals surface area contributed by atoms with Crippen molar-refractivity contribution in [2.24, 2.45) is 11.7 Å². The highest BCUT2D eigenvalue weighted by atomic mass is 16.2. The molecule has 1 heterocycles. The number of hydrogen-bond acceptors (Lipinski definition) is 5. The van der Waals surface area contributed by atoms with Gasteiger partial charge in [-0.05, 0) is 18.8 Å². The molecule has 8 heteroatoms. The third-order valence-corrected chi connectivity index (χ3v) is 3.31. The SMILES string of the molecule is CN1C(=O)C(=O)N(CC(=O)NCC(N)C2CC2)C1=O. The van der Waals surface area contributed by atoms with Crippen molar-refractivity contribution in [3.63, 3.8) is 0 Å². The average Bonchev–Trinajstić information content (AvgIpc) is 3.20. The molecule has 1 atom stereocenters. The molecule has 2 fully saturated rings. The molecule has 1 saturated heterocycles. The molecule has 104 valence electrons. The Kier molecular flexibility index (Phi) is 3.52. The molecule has 0 aromatic heterocycles. The molecular formula is C11H16N4O4. The number of nitrogens with zero attached hydrogens (tertiary/aromatic N) is 2. The van der Waals surface area contributed by atoms with Crippen LogP contribution in [0.15, 0.2) is 0 Å². The topological polar surface area (TPSA) is 113 Å². The van der Waals surface area contributed by atoms with Gasteiger partial charge in [0.15, 0.2) is 0 Å². The summed E-state index contributed by atoms with van der Waals surface area (Å²) in [6, 6.07) is -0.880. The van der Waals surface area contributed by atoms with Crippen LogP contribution < -0.4 is 11.1 Å². The van der Waals surface area contributed by atoms with Gasteiger partial charge in [0.1, 0.15) is 6.54 Å². The maximum absolute atomic E-state index is 11.6. The first-order chi connectivity index (χ1) is 8.91. The molecule has 0 aromatic carbocycles. The van der Waals surface area contributed by atoms with Crippen LogP contribution in [-0.2, 0) is 14.4 Å². The van der Waals surface area contributed by atoms with E-state index in [1.807, 2.05) is 0 Å². The van der Waals surface area contributed by atoms with E-state index < -0.39 is 30.3 Å². The number of nitrogens with one attached hydrogen (secondary N) is 1. The minimum Gasteiger partial charge on any atom is -0.353 e. The first kappa shape index (κ1) is 13.5. The fourth-order valence-electron chi connectivity index (χ4n) is 1.88. The first-order valence-corrected chi connectivity index (χ1v) is 6.07. The summed E-state index contributed by atoms with van der Waals surface area (Å²) in [5, 5.41) is 2.56. The number of likely N-dealkylation sites (N-methyl/N-ethyl adjacent to an activating group) is 1. The van der Waals surface area contributed by atoms with Crippen molar-refractivity contribution in [2.75, 3.05) is 20.1 Å². The maximum atomic E-state index is 11.6. The van der Waals surface area contributed by atoms with Gasteiger partial charge in [0.05, 0.1) is 0 Å². The lowest BCUT2D eigenvalue weighted by molar-refractivity contribution is -0.143. The Hall–Kier alpha value is -1.96. The average molecular weight is 268 g/mol. The lowest BCUT2D eigenvalue weighted by Gasteiger charge is -2.15. The van der Waals surface area contributed by atoms with Crippen molar-refractivity contribution in [3.8, 4) is 0 Å². The lowest BCUT2D eigenvalue weighted by atomic mass is 10.2. The van der Waals surface area contributed by atoms with Crippen molar-refractivity contribution < 1.29 is 19.2 Å². The molecule has 1 unspecified atom stereocenters. The van der Waals surface area contributed by atoms with E-state index in [4.69, 9.17) is 5.73 Å². The minimum absolute atomic E-state index is 0.0989. The summed E-state index contributed by atoms with van der Waals surface area (Å²) < 4.78 is 0. The Morgan fingerprint density at radius 2 is 2.00 bits per heavy atom. The highest BCUT2D eigenvalue weighted by Crippen LogP contribution is 2.31. The van der Waals surface area contributed by atoms with Crippen LogP contribution in [0, 0.1) is 5.92 Å². The molecule has 2 aliphatic rings. The third kappa shape index (κ3) is 2.73. The predicted octanol–water partition coefficient (Wildman–Crippen LogP) is -1.74. The molecular weight excluding hydrogens is 252 g/mol. The van der Waals surface area contributed by atoms with Crippen LogP contribution in [0.4, 0.5) is 4.79 Å². The number of rotatable bonds is 5. The normalized spacial score (nSPS) is 21.1. The maximum Gasteiger partial charge on any atom is 0.334 e. The molecule has 3 N–H and O–H groups in total. The predicted molar refractivity (Wildman–Crippen MR) is 63.6 cm³/mol. The van der Waals surface area contributed by atoms with Crippen molar-refractivity contribution in [1.29, 1.82) is 0 Å². The van der Waals surface area contributed by atoms with E-state index in [1.54, 1.807) is 0 Å². The smallest absolute Gasteiger partial charge is 0.334 e. The molecule has 0 bridgehead atoms. The molecule has 19 heavy (non-hydrogen) atoms. The van der Waals surface area contributed by atoms with Gasteiger partial charge in [-0.15, -0.1) is 0 Å². The van der Waals surface area contributed by atoms with Crippen LogP contribution in [0.25, 0.3) is 0 Å². The zero-order valence-corrected chi connectivity index (χ0v) is 10.6. The number of nitrogens with two attached hydrogens (primary N) is 1. The van der Waals surface area contributed by atoms with E-state index in [0.29, 0.717) is 22.3 Å².